The Hall–Kier alpha value is -5.63. The van der Waals surface area contributed by atoms with Crippen LogP contribution in [0, 0.1) is 0 Å². The highest BCUT2D eigenvalue weighted by molar-refractivity contribution is 7.85. The lowest BCUT2D eigenvalue weighted by Gasteiger charge is -2.21. The molecule has 0 N–H and O–H groups in total. The zero-order chi connectivity index (χ0) is 30.4. The van der Waals surface area contributed by atoms with Crippen LogP contribution < -0.4 is 15.9 Å². The molecular weight excluding hydrogens is 583 g/mol. The average Bonchev–Trinajstić information content (AvgIpc) is 3.69. The van der Waals surface area contributed by atoms with E-state index < -0.39 is 7.14 Å². The molecule has 216 valence electrons. The van der Waals surface area contributed by atoms with E-state index in [-0.39, 0.29) is 0 Å². The molecule has 0 amide bonds. The summed E-state index contributed by atoms with van der Waals surface area (Å²) in [6.45, 7) is 0. The quantitative estimate of drug-likeness (QED) is 0.148. The van der Waals surface area contributed by atoms with Gasteiger partial charge in [0.05, 0.1) is 0 Å². The van der Waals surface area contributed by atoms with Gasteiger partial charge in [0.15, 0.2) is 7.14 Å². The lowest BCUT2D eigenvalue weighted by atomic mass is 9.94. The molecule has 0 aliphatic carbocycles. The van der Waals surface area contributed by atoms with Crippen molar-refractivity contribution in [3.63, 3.8) is 0 Å². The molecule has 0 aliphatic rings. The summed E-state index contributed by atoms with van der Waals surface area (Å²) in [5, 5.41) is 13.3. The number of para-hydroxylation sites is 2. The van der Waals surface area contributed by atoms with Crippen LogP contribution in [-0.4, -0.2) is 0 Å². The van der Waals surface area contributed by atoms with E-state index in [1.807, 2.05) is 60.7 Å². The van der Waals surface area contributed by atoms with Crippen LogP contribution in [0.2, 0.25) is 0 Å². The lowest BCUT2D eigenvalue weighted by Crippen LogP contribution is -2.25. The third kappa shape index (κ3) is 3.52. The van der Waals surface area contributed by atoms with Crippen LogP contribution in [0.15, 0.2) is 160 Å². The first-order valence-corrected chi connectivity index (χ1v) is 17.2. The summed E-state index contributed by atoms with van der Waals surface area (Å²) in [7, 11) is -3.42. The van der Waals surface area contributed by atoms with Crippen LogP contribution in [0.4, 0.5) is 0 Å². The first-order chi connectivity index (χ1) is 22.7. The van der Waals surface area contributed by atoms with Crippen LogP contribution in [0.1, 0.15) is 0 Å². The van der Waals surface area contributed by atoms with E-state index >= 15 is 4.57 Å². The maximum Gasteiger partial charge on any atom is 0.171 e. The normalized spacial score (nSPS) is 12.4. The number of furan rings is 2. The molecule has 2 aromatic heterocycles. The van der Waals surface area contributed by atoms with Gasteiger partial charge >= 0.3 is 0 Å². The summed E-state index contributed by atoms with van der Waals surface area (Å²) in [6.07, 6.45) is 0. The lowest BCUT2D eigenvalue weighted by molar-refractivity contribution is 0.592. The van der Waals surface area contributed by atoms with E-state index in [9.17, 15) is 0 Å². The van der Waals surface area contributed by atoms with Gasteiger partial charge < -0.3 is 13.4 Å². The molecule has 0 bridgehead atoms. The summed E-state index contributed by atoms with van der Waals surface area (Å²) in [5.74, 6) is 0. The molecule has 0 saturated heterocycles. The minimum absolute atomic E-state index is 0.767. The molecule has 0 atom stereocenters. The van der Waals surface area contributed by atoms with Gasteiger partial charge in [-0.15, -0.1) is 0 Å². The van der Waals surface area contributed by atoms with Crippen molar-refractivity contribution in [3.8, 4) is 0 Å². The van der Waals surface area contributed by atoms with Crippen LogP contribution in [0.25, 0.3) is 76.2 Å². The Labute approximate surface area is 263 Å². The van der Waals surface area contributed by atoms with Crippen LogP contribution in [-0.2, 0) is 4.57 Å². The van der Waals surface area contributed by atoms with Gasteiger partial charge in [-0.2, -0.15) is 0 Å². The molecule has 0 fully saturated rings. The second kappa shape index (κ2) is 9.44. The molecule has 4 heteroatoms. The Morgan fingerprint density at radius 3 is 1.11 bits per heavy atom. The molecule has 0 radical (unpaired) electrons. The second-order valence-electron chi connectivity index (χ2n) is 12.0. The summed E-state index contributed by atoms with van der Waals surface area (Å²) < 4.78 is 28.5. The minimum Gasteiger partial charge on any atom is -0.456 e. The Morgan fingerprint density at radius 2 is 0.630 bits per heavy atom. The van der Waals surface area contributed by atoms with Crippen LogP contribution >= 0.6 is 7.14 Å². The van der Waals surface area contributed by atoms with Crippen LogP contribution in [0.5, 0.6) is 0 Å². The molecule has 0 unspecified atom stereocenters. The monoisotopic (exact) mass is 608 g/mol. The molecule has 0 spiro atoms. The highest BCUT2D eigenvalue weighted by Gasteiger charge is 2.32. The van der Waals surface area contributed by atoms with E-state index in [1.54, 1.807) is 0 Å². The Kier molecular flexibility index (Phi) is 5.27. The molecule has 0 aliphatic heterocycles. The number of hydrogen-bond acceptors (Lipinski definition) is 3. The summed E-state index contributed by atoms with van der Waals surface area (Å²) in [6, 6.07) is 51.5. The first kappa shape index (κ1) is 25.7. The van der Waals surface area contributed by atoms with E-state index in [2.05, 4.69) is 91.0 Å². The first-order valence-electron chi connectivity index (χ1n) is 15.4. The number of hydrogen-bond donors (Lipinski definition) is 0. The van der Waals surface area contributed by atoms with E-state index in [0.29, 0.717) is 0 Å². The zero-order valence-corrected chi connectivity index (χ0v) is 25.5. The van der Waals surface area contributed by atoms with Crippen molar-refractivity contribution in [2.24, 2.45) is 0 Å². The fourth-order valence-electron chi connectivity index (χ4n) is 7.36. The predicted molar refractivity (Wildman–Crippen MR) is 193 cm³/mol. The van der Waals surface area contributed by atoms with Crippen molar-refractivity contribution in [1.29, 1.82) is 0 Å². The topological polar surface area (TPSA) is 43.4 Å². The van der Waals surface area contributed by atoms with Gasteiger partial charge in [0, 0.05) is 37.5 Å². The SMILES string of the molecule is O=P(c1ccc2oc3ccccc3c2c1)(c1ccc2oc3ccccc3c2c1)c1ccc2c3ccccc3c3ccccc3c2c1. The summed E-state index contributed by atoms with van der Waals surface area (Å²) in [4.78, 5) is 0. The van der Waals surface area contributed by atoms with Crippen molar-refractivity contribution in [1.82, 2.24) is 0 Å². The standard InChI is InChI=1S/C42H25O3P/c43-46(27-18-21-41-37(24-27)34-13-5-7-15-39(34)44-41,28-19-22-42-38(25-28)35-14-6-8-16-40(35)45-42)26-17-20-33-31-11-2-1-9-29(31)30-10-3-4-12-32(30)36(33)23-26/h1-25H. The van der Waals surface area contributed by atoms with Crippen molar-refractivity contribution in [3.05, 3.63) is 152 Å². The van der Waals surface area contributed by atoms with E-state index in [4.69, 9.17) is 8.83 Å². The second-order valence-corrected chi connectivity index (χ2v) is 14.8. The molecule has 0 saturated carbocycles. The van der Waals surface area contributed by atoms with Crippen molar-refractivity contribution < 1.29 is 13.4 Å². The number of fused-ring (bicyclic) bond motifs is 12. The smallest absolute Gasteiger partial charge is 0.171 e. The van der Waals surface area contributed by atoms with Gasteiger partial charge in [0.1, 0.15) is 22.3 Å². The molecule has 10 aromatic rings. The third-order valence-electron chi connectivity index (χ3n) is 9.54. The molecule has 46 heavy (non-hydrogen) atoms. The van der Waals surface area contributed by atoms with Gasteiger partial charge in [-0.1, -0.05) is 97.1 Å². The average molecular weight is 609 g/mol. The van der Waals surface area contributed by atoms with Gasteiger partial charge in [0.25, 0.3) is 0 Å². The Morgan fingerprint density at radius 1 is 0.304 bits per heavy atom. The predicted octanol–water partition coefficient (Wildman–Crippen LogP) is 10.6. The van der Waals surface area contributed by atoms with Gasteiger partial charge in [-0.05, 0) is 86.9 Å². The van der Waals surface area contributed by atoms with E-state index in [0.717, 1.165) is 75.9 Å². The molecule has 10 rings (SSSR count). The summed E-state index contributed by atoms with van der Waals surface area (Å²) in [5.41, 5.74) is 3.20. The van der Waals surface area contributed by atoms with Crippen LogP contribution in [0.3, 0.4) is 0 Å². The Balaban J connectivity index is 1.31. The summed E-state index contributed by atoms with van der Waals surface area (Å²) >= 11 is 0. The maximum atomic E-state index is 16.2. The van der Waals surface area contributed by atoms with Crippen molar-refractivity contribution in [2.45, 2.75) is 0 Å². The van der Waals surface area contributed by atoms with Gasteiger partial charge in [-0.3, -0.25) is 0 Å². The molecular formula is C42H25O3P. The highest BCUT2D eigenvalue weighted by Crippen LogP contribution is 2.46. The number of rotatable bonds is 3. The van der Waals surface area contributed by atoms with Crippen molar-refractivity contribution in [2.75, 3.05) is 0 Å². The highest BCUT2D eigenvalue weighted by atomic mass is 31.2. The fraction of sp³-hybridized carbons (Fsp3) is 0. The molecule has 2 heterocycles. The van der Waals surface area contributed by atoms with Gasteiger partial charge in [0.2, 0.25) is 0 Å². The fourth-order valence-corrected chi connectivity index (χ4v) is 10.0. The van der Waals surface area contributed by atoms with E-state index in [1.165, 1.54) is 16.2 Å². The van der Waals surface area contributed by atoms with Crippen molar-refractivity contribution >= 4 is 99.2 Å². The van der Waals surface area contributed by atoms with Gasteiger partial charge in [-0.25, -0.2) is 0 Å². The third-order valence-corrected chi connectivity index (χ3v) is 12.6. The zero-order valence-electron chi connectivity index (χ0n) is 24.6. The number of benzene rings is 8. The molecule has 8 aromatic carbocycles. The molecule has 3 nitrogen and oxygen atoms in total. The minimum atomic E-state index is -3.42. The largest absolute Gasteiger partial charge is 0.456 e. The Bertz CT molecular complexity index is 2760. The maximum absolute atomic E-state index is 16.2.